The molecule has 0 amide bonds. The second-order valence-electron chi connectivity index (χ2n) is 6.05. The van der Waals surface area contributed by atoms with E-state index >= 15 is 0 Å². The van der Waals surface area contributed by atoms with Crippen molar-refractivity contribution in [2.24, 2.45) is 5.73 Å². The van der Waals surface area contributed by atoms with Gasteiger partial charge in [-0.25, -0.2) is 4.98 Å². The number of hydrogen-bond donors (Lipinski definition) is 1. The number of rotatable bonds is 4. The Bertz CT molecular complexity index is 623. The molecule has 1 atom stereocenters. The summed E-state index contributed by atoms with van der Waals surface area (Å²) in [5.41, 5.74) is 8.14. The van der Waals surface area contributed by atoms with Crippen molar-refractivity contribution in [2.75, 3.05) is 38.6 Å². The summed E-state index contributed by atoms with van der Waals surface area (Å²) in [5, 5.41) is 1.20. The van der Waals surface area contributed by atoms with E-state index in [2.05, 4.69) is 48.2 Å². The first-order valence-electron chi connectivity index (χ1n) is 7.69. The van der Waals surface area contributed by atoms with Crippen LogP contribution in [0.5, 0.6) is 0 Å². The predicted molar refractivity (Wildman–Crippen MR) is 88.8 cm³/mol. The van der Waals surface area contributed by atoms with Gasteiger partial charge < -0.3 is 15.5 Å². The van der Waals surface area contributed by atoms with Gasteiger partial charge in [0.05, 0.1) is 5.52 Å². The lowest BCUT2D eigenvalue weighted by Crippen LogP contribution is -2.32. The number of aromatic nitrogens is 1. The topological polar surface area (TPSA) is 45.4 Å². The maximum absolute atomic E-state index is 5.79. The number of nitrogens with two attached hydrogens (primary N) is 1. The van der Waals surface area contributed by atoms with Gasteiger partial charge >= 0.3 is 0 Å². The van der Waals surface area contributed by atoms with Crippen LogP contribution in [0.15, 0.2) is 30.3 Å². The Balaban J connectivity index is 1.98. The molecule has 0 radical (unpaired) electrons. The smallest absolute Gasteiger partial charge is 0.132 e. The van der Waals surface area contributed by atoms with Crippen molar-refractivity contribution in [1.29, 1.82) is 0 Å². The number of nitrogens with zero attached hydrogens (tertiary/aromatic N) is 3. The molecule has 2 N–H and O–H groups in total. The minimum absolute atomic E-state index is 0.615. The quantitative estimate of drug-likeness (QED) is 0.931. The number of para-hydroxylation sites is 1. The molecule has 112 valence electrons. The van der Waals surface area contributed by atoms with Gasteiger partial charge in [-0.1, -0.05) is 18.2 Å². The van der Waals surface area contributed by atoms with E-state index < -0.39 is 0 Å². The first-order chi connectivity index (χ1) is 10.2. The van der Waals surface area contributed by atoms with Crippen molar-refractivity contribution in [1.82, 2.24) is 9.88 Å². The van der Waals surface area contributed by atoms with Crippen LogP contribution in [0.3, 0.4) is 0 Å². The van der Waals surface area contributed by atoms with Gasteiger partial charge in [-0.3, -0.25) is 0 Å². The molecule has 2 heterocycles. The molecule has 1 unspecified atom stereocenters. The second kappa shape index (κ2) is 6.00. The first kappa shape index (κ1) is 14.3. The molecule has 1 aliphatic rings. The molecule has 0 aliphatic carbocycles. The standard InChI is InChI=1S/C17H24N4/c1-20(2)15-8-10-21(12-15)17-14(7-9-18)11-13-5-3-4-6-16(13)19-17/h3-6,11,15H,7-10,12,18H2,1-2H3. The SMILES string of the molecule is CN(C)C1CCN(c2nc3ccccc3cc2CCN)C1. The maximum atomic E-state index is 5.79. The van der Waals surface area contributed by atoms with Gasteiger partial charge in [0.2, 0.25) is 0 Å². The minimum atomic E-state index is 0.615. The fourth-order valence-corrected chi connectivity index (χ4v) is 3.12. The molecular weight excluding hydrogens is 260 g/mol. The zero-order valence-electron chi connectivity index (χ0n) is 12.9. The molecule has 4 nitrogen and oxygen atoms in total. The third kappa shape index (κ3) is 2.87. The average Bonchev–Trinajstić information content (AvgIpc) is 2.97. The van der Waals surface area contributed by atoms with Gasteiger partial charge in [-0.15, -0.1) is 0 Å². The largest absolute Gasteiger partial charge is 0.355 e. The van der Waals surface area contributed by atoms with Crippen LogP contribution in [0.2, 0.25) is 0 Å². The van der Waals surface area contributed by atoms with Crippen molar-refractivity contribution >= 4 is 16.7 Å². The number of hydrogen-bond acceptors (Lipinski definition) is 4. The highest BCUT2D eigenvalue weighted by Gasteiger charge is 2.26. The van der Waals surface area contributed by atoms with Crippen LogP contribution in [-0.2, 0) is 6.42 Å². The molecule has 1 aromatic carbocycles. The summed E-state index contributed by atoms with van der Waals surface area (Å²) in [7, 11) is 4.31. The molecule has 1 fully saturated rings. The van der Waals surface area contributed by atoms with Crippen LogP contribution in [-0.4, -0.2) is 49.7 Å². The molecular formula is C17H24N4. The third-order valence-electron chi connectivity index (χ3n) is 4.39. The lowest BCUT2D eigenvalue weighted by atomic mass is 10.1. The highest BCUT2D eigenvalue weighted by Crippen LogP contribution is 2.27. The van der Waals surface area contributed by atoms with Crippen LogP contribution in [0.1, 0.15) is 12.0 Å². The van der Waals surface area contributed by atoms with E-state index in [1.165, 1.54) is 17.4 Å². The Kier molecular flexibility index (Phi) is 4.08. The minimum Gasteiger partial charge on any atom is -0.355 e. The van der Waals surface area contributed by atoms with Crippen LogP contribution in [0.25, 0.3) is 10.9 Å². The lowest BCUT2D eigenvalue weighted by Gasteiger charge is -2.23. The molecule has 0 saturated carbocycles. The highest BCUT2D eigenvalue weighted by molar-refractivity contribution is 5.82. The summed E-state index contributed by atoms with van der Waals surface area (Å²) in [6.45, 7) is 2.79. The molecule has 0 bridgehead atoms. The zero-order valence-corrected chi connectivity index (χ0v) is 12.9. The normalized spacial score (nSPS) is 18.9. The van der Waals surface area contributed by atoms with E-state index in [0.717, 1.165) is 30.8 Å². The zero-order chi connectivity index (χ0) is 14.8. The van der Waals surface area contributed by atoms with Crippen molar-refractivity contribution in [2.45, 2.75) is 18.9 Å². The molecule has 1 aliphatic heterocycles. The summed E-state index contributed by atoms with van der Waals surface area (Å²) in [4.78, 5) is 9.65. The Morgan fingerprint density at radius 3 is 2.86 bits per heavy atom. The Hall–Kier alpha value is -1.65. The van der Waals surface area contributed by atoms with Crippen molar-refractivity contribution < 1.29 is 0 Å². The molecule has 0 spiro atoms. The highest BCUT2D eigenvalue weighted by atomic mass is 15.3. The Morgan fingerprint density at radius 1 is 1.33 bits per heavy atom. The maximum Gasteiger partial charge on any atom is 0.132 e. The summed E-state index contributed by atoms with van der Waals surface area (Å²) >= 11 is 0. The Morgan fingerprint density at radius 2 is 2.14 bits per heavy atom. The van der Waals surface area contributed by atoms with E-state index in [-0.39, 0.29) is 0 Å². The van der Waals surface area contributed by atoms with Crippen LogP contribution >= 0.6 is 0 Å². The van der Waals surface area contributed by atoms with E-state index in [0.29, 0.717) is 12.6 Å². The van der Waals surface area contributed by atoms with Gasteiger partial charge in [0, 0.05) is 24.5 Å². The van der Waals surface area contributed by atoms with Gasteiger partial charge in [-0.2, -0.15) is 0 Å². The fraction of sp³-hybridized carbons (Fsp3) is 0.471. The average molecular weight is 284 g/mol. The first-order valence-corrected chi connectivity index (χ1v) is 7.69. The summed E-state index contributed by atoms with van der Waals surface area (Å²) < 4.78 is 0. The van der Waals surface area contributed by atoms with Gasteiger partial charge in [0.25, 0.3) is 0 Å². The molecule has 21 heavy (non-hydrogen) atoms. The van der Waals surface area contributed by atoms with Crippen LogP contribution in [0.4, 0.5) is 5.82 Å². The molecule has 2 aromatic rings. The number of fused-ring (bicyclic) bond motifs is 1. The second-order valence-corrected chi connectivity index (χ2v) is 6.05. The molecule has 3 rings (SSSR count). The predicted octanol–water partition coefficient (Wildman–Crippen LogP) is 1.88. The fourth-order valence-electron chi connectivity index (χ4n) is 3.12. The van der Waals surface area contributed by atoms with Gasteiger partial charge in [0.15, 0.2) is 0 Å². The van der Waals surface area contributed by atoms with E-state index in [9.17, 15) is 0 Å². The number of likely N-dealkylation sites (N-methyl/N-ethyl adjacent to an activating group) is 1. The van der Waals surface area contributed by atoms with E-state index in [1.54, 1.807) is 0 Å². The van der Waals surface area contributed by atoms with Crippen molar-refractivity contribution in [3.8, 4) is 0 Å². The number of pyridine rings is 1. The monoisotopic (exact) mass is 284 g/mol. The van der Waals surface area contributed by atoms with E-state index in [4.69, 9.17) is 10.7 Å². The molecule has 1 aromatic heterocycles. The summed E-state index contributed by atoms with van der Waals surface area (Å²) in [6.07, 6.45) is 2.08. The van der Waals surface area contributed by atoms with Crippen molar-refractivity contribution in [3.05, 3.63) is 35.9 Å². The van der Waals surface area contributed by atoms with Crippen LogP contribution in [0, 0.1) is 0 Å². The summed E-state index contributed by atoms with van der Waals surface area (Å²) in [5.74, 6) is 1.13. The third-order valence-corrected chi connectivity index (χ3v) is 4.39. The van der Waals surface area contributed by atoms with Crippen molar-refractivity contribution in [3.63, 3.8) is 0 Å². The Labute approximate surface area is 126 Å². The van der Waals surface area contributed by atoms with Crippen LogP contribution < -0.4 is 10.6 Å². The summed E-state index contributed by atoms with van der Waals surface area (Å²) in [6, 6.07) is 11.2. The number of benzene rings is 1. The van der Waals surface area contributed by atoms with Gasteiger partial charge in [-0.05, 0) is 51.2 Å². The molecule has 1 saturated heterocycles. The van der Waals surface area contributed by atoms with E-state index in [1.807, 2.05) is 6.07 Å². The van der Waals surface area contributed by atoms with Gasteiger partial charge in [0.1, 0.15) is 5.82 Å². The number of anilines is 1. The lowest BCUT2D eigenvalue weighted by molar-refractivity contribution is 0.315. The molecule has 4 heteroatoms.